The van der Waals surface area contributed by atoms with Crippen molar-refractivity contribution >= 4 is 21.6 Å². The molecule has 1 amide bonds. The summed E-state index contributed by atoms with van der Waals surface area (Å²) in [5.41, 5.74) is -0.170. The van der Waals surface area contributed by atoms with Gasteiger partial charge in [0, 0.05) is 26.2 Å². The average Bonchev–Trinajstić information content (AvgIpc) is 2.77. The summed E-state index contributed by atoms with van der Waals surface area (Å²) in [4.78, 5) is 15.5. The molecule has 1 aliphatic heterocycles. The number of nitrogens with one attached hydrogen (secondary N) is 1. The number of para-hydroxylation sites is 2. The van der Waals surface area contributed by atoms with Crippen molar-refractivity contribution in [1.29, 1.82) is 0 Å². The Morgan fingerprint density at radius 2 is 1.74 bits per heavy atom. The molecule has 7 nitrogen and oxygen atoms in total. The second-order valence-corrected chi connectivity index (χ2v) is 8.66. The molecule has 1 fully saturated rings. The van der Waals surface area contributed by atoms with E-state index in [1.807, 2.05) is 24.3 Å². The van der Waals surface area contributed by atoms with Crippen LogP contribution in [0, 0.1) is 0 Å². The lowest BCUT2D eigenvalue weighted by Gasteiger charge is -2.36. The molecule has 168 valence electrons. The van der Waals surface area contributed by atoms with Crippen molar-refractivity contribution in [2.24, 2.45) is 0 Å². The van der Waals surface area contributed by atoms with Gasteiger partial charge in [-0.05, 0) is 30.3 Å². The number of hydrogen-bond acceptors (Lipinski definition) is 5. The van der Waals surface area contributed by atoms with Gasteiger partial charge in [-0.1, -0.05) is 18.2 Å². The van der Waals surface area contributed by atoms with Crippen LogP contribution in [0.2, 0.25) is 0 Å². The molecule has 3 rings (SSSR count). The molecule has 0 unspecified atom stereocenters. The van der Waals surface area contributed by atoms with Crippen molar-refractivity contribution in [1.82, 2.24) is 9.62 Å². The largest absolute Gasteiger partial charge is 0.495 e. The Morgan fingerprint density at radius 3 is 2.39 bits per heavy atom. The summed E-state index contributed by atoms with van der Waals surface area (Å²) in [5, 5.41) is 0. The molecule has 1 aliphatic rings. The molecule has 1 heterocycles. The number of piperazine rings is 1. The highest BCUT2D eigenvalue weighted by atomic mass is 32.2. The van der Waals surface area contributed by atoms with Crippen LogP contribution >= 0.6 is 0 Å². The summed E-state index contributed by atoms with van der Waals surface area (Å²) >= 11 is 0. The molecule has 2 aromatic carbocycles. The first-order valence-corrected chi connectivity index (χ1v) is 10.9. The number of methoxy groups -OCH3 is 1. The lowest BCUT2D eigenvalue weighted by Crippen LogP contribution is -2.51. The maximum Gasteiger partial charge on any atom is 0.416 e. The number of anilines is 1. The van der Waals surface area contributed by atoms with Crippen LogP contribution in [0.25, 0.3) is 0 Å². The average molecular weight is 457 g/mol. The normalized spacial score (nSPS) is 15.1. The number of alkyl halides is 3. The molecule has 2 aromatic rings. The first kappa shape index (κ1) is 22.9. The third-order valence-corrected chi connectivity index (χ3v) is 6.34. The second kappa shape index (κ2) is 9.15. The fourth-order valence-corrected chi connectivity index (χ4v) is 4.30. The van der Waals surface area contributed by atoms with E-state index in [9.17, 15) is 26.4 Å². The molecule has 0 spiro atoms. The number of sulfonamides is 1. The first-order valence-electron chi connectivity index (χ1n) is 9.44. The van der Waals surface area contributed by atoms with Crippen LogP contribution in [0.15, 0.2) is 53.4 Å². The van der Waals surface area contributed by atoms with E-state index in [0.717, 1.165) is 29.6 Å². The Bertz CT molecular complexity index is 1040. The van der Waals surface area contributed by atoms with Crippen LogP contribution < -0.4 is 14.4 Å². The second-order valence-electron chi connectivity index (χ2n) is 6.89. The molecule has 0 aromatic heterocycles. The molecule has 1 saturated heterocycles. The highest BCUT2D eigenvalue weighted by Gasteiger charge is 2.32. The Kier molecular flexibility index (Phi) is 6.75. The standard InChI is InChI=1S/C20H22F3N3O4S/c1-30-18-8-3-2-7-17(18)25-9-11-26(12-10-25)19(27)14-24-31(28,29)16-6-4-5-15(13-16)20(21,22)23/h2-8,13,24H,9-12,14H2,1H3. The molecular weight excluding hydrogens is 435 g/mol. The van der Waals surface area contributed by atoms with Crippen LogP contribution in [-0.4, -0.2) is 59.1 Å². The van der Waals surface area contributed by atoms with Crippen molar-refractivity contribution in [3.63, 3.8) is 0 Å². The van der Waals surface area contributed by atoms with E-state index < -0.39 is 39.1 Å². The van der Waals surface area contributed by atoms with E-state index in [-0.39, 0.29) is 0 Å². The van der Waals surface area contributed by atoms with Crippen molar-refractivity contribution in [3.05, 3.63) is 54.1 Å². The van der Waals surface area contributed by atoms with Gasteiger partial charge in [-0.3, -0.25) is 4.79 Å². The molecule has 0 bridgehead atoms. The van der Waals surface area contributed by atoms with Gasteiger partial charge in [0.15, 0.2) is 0 Å². The van der Waals surface area contributed by atoms with Crippen molar-refractivity contribution in [3.8, 4) is 5.75 Å². The fourth-order valence-electron chi connectivity index (χ4n) is 3.28. The highest BCUT2D eigenvalue weighted by molar-refractivity contribution is 7.89. The summed E-state index contributed by atoms with van der Waals surface area (Å²) in [6.07, 6.45) is -4.66. The zero-order chi connectivity index (χ0) is 22.6. The highest BCUT2D eigenvalue weighted by Crippen LogP contribution is 2.30. The number of ether oxygens (including phenoxy) is 1. The zero-order valence-corrected chi connectivity index (χ0v) is 17.5. The fraction of sp³-hybridized carbons (Fsp3) is 0.350. The van der Waals surface area contributed by atoms with Crippen LogP contribution in [0.5, 0.6) is 5.75 Å². The molecule has 31 heavy (non-hydrogen) atoms. The maximum absolute atomic E-state index is 12.8. The molecule has 0 atom stereocenters. The number of benzene rings is 2. The van der Waals surface area contributed by atoms with Gasteiger partial charge in [0.25, 0.3) is 0 Å². The van der Waals surface area contributed by atoms with Gasteiger partial charge in [0.2, 0.25) is 15.9 Å². The van der Waals surface area contributed by atoms with Gasteiger partial charge in [0.05, 0.1) is 29.8 Å². The van der Waals surface area contributed by atoms with Gasteiger partial charge in [-0.25, -0.2) is 13.1 Å². The lowest BCUT2D eigenvalue weighted by atomic mass is 10.2. The monoisotopic (exact) mass is 457 g/mol. The number of carbonyl (C=O) groups excluding carboxylic acids is 1. The van der Waals surface area contributed by atoms with Gasteiger partial charge < -0.3 is 14.5 Å². The summed E-state index contributed by atoms with van der Waals surface area (Å²) < 4.78 is 70.6. The van der Waals surface area contributed by atoms with Crippen molar-refractivity contribution in [2.45, 2.75) is 11.1 Å². The predicted molar refractivity (Wildman–Crippen MR) is 108 cm³/mol. The molecule has 0 radical (unpaired) electrons. The number of nitrogens with zero attached hydrogens (tertiary/aromatic N) is 2. The van der Waals surface area contributed by atoms with E-state index >= 15 is 0 Å². The predicted octanol–water partition coefficient (Wildman–Crippen LogP) is 2.34. The smallest absolute Gasteiger partial charge is 0.416 e. The quantitative estimate of drug-likeness (QED) is 0.721. The minimum atomic E-state index is -4.66. The summed E-state index contributed by atoms with van der Waals surface area (Å²) in [6.45, 7) is 1.29. The van der Waals surface area contributed by atoms with Gasteiger partial charge >= 0.3 is 6.18 Å². The third-order valence-electron chi connectivity index (χ3n) is 4.94. The van der Waals surface area contributed by atoms with Gasteiger partial charge in [0.1, 0.15) is 5.75 Å². The van der Waals surface area contributed by atoms with E-state index in [1.165, 1.54) is 4.90 Å². The minimum Gasteiger partial charge on any atom is -0.495 e. The lowest BCUT2D eigenvalue weighted by molar-refractivity contribution is -0.137. The molecule has 11 heteroatoms. The van der Waals surface area contributed by atoms with Crippen LogP contribution in [-0.2, 0) is 21.0 Å². The summed E-state index contributed by atoms with van der Waals surface area (Å²) in [7, 11) is -2.69. The number of halogens is 3. The number of carbonyl (C=O) groups is 1. The van der Waals surface area contributed by atoms with E-state index in [0.29, 0.717) is 32.2 Å². The van der Waals surface area contributed by atoms with Crippen LogP contribution in [0.1, 0.15) is 5.56 Å². The van der Waals surface area contributed by atoms with Crippen molar-refractivity contribution in [2.75, 3.05) is 44.7 Å². The van der Waals surface area contributed by atoms with Gasteiger partial charge in [-0.2, -0.15) is 13.2 Å². The SMILES string of the molecule is COc1ccccc1N1CCN(C(=O)CNS(=O)(=O)c2cccc(C(F)(F)F)c2)CC1. The Hall–Kier alpha value is -2.79. The molecular formula is C20H22F3N3O4S. The Morgan fingerprint density at radius 1 is 1.06 bits per heavy atom. The Labute approximate surface area is 178 Å². The maximum atomic E-state index is 12.8. The summed E-state index contributed by atoms with van der Waals surface area (Å²) in [6, 6.07) is 10.9. The van der Waals surface area contributed by atoms with E-state index in [1.54, 1.807) is 7.11 Å². The number of hydrogen-bond donors (Lipinski definition) is 1. The van der Waals surface area contributed by atoms with E-state index in [4.69, 9.17) is 4.74 Å². The van der Waals surface area contributed by atoms with Crippen molar-refractivity contribution < 1.29 is 31.1 Å². The van der Waals surface area contributed by atoms with Crippen LogP contribution in [0.3, 0.4) is 0 Å². The molecule has 1 N–H and O–H groups in total. The summed E-state index contributed by atoms with van der Waals surface area (Å²) in [5.74, 6) is 0.270. The topological polar surface area (TPSA) is 79.0 Å². The first-order chi connectivity index (χ1) is 14.6. The number of rotatable bonds is 6. The number of amides is 1. The van der Waals surface area contributed by atoms with Crippen LogP contribution in [0.4, 0.5) is 18.9 Å². The third kappa shape index (κ3) is 5.47. The molecule has 0 aliphatic carbocycles. The van der Waals surface area contributed by atoms with E-state index in [2.05, 4.69) is 9.62 Å². The Balaban J connectivity index is 1.58. The zero-order valence-electron chi connectivity index (χ0n) is 16.7. The molecule has 0 saturated carbocycles. The minimum absolute atomic E-state index is 0.377. The van der Waals surface area contributed by atoms with Gasteiger partial charge in [-0.15, -0.1) is 0 Å².